The number of hydrogen-bond acceptors (Lipinski definition) is 3. The Morgan fingerprint density at radius 2 is 1.67 bits per heavy atom. The van der Waals surface area contributed by atoms with E-state index in [1.807, 2.05) is 12.1 Å². The SMILES string of the molecule is COc1ccc(C(CN=C(N)N2CCCCC2)N2CCCC2)cc1. The molecule has 24 heavy (non-hydrogen) atoms. The summed E-state index contributed by atoms with van der Waals surface area (Å²) in [5.74, 6) is 1.61. The average Bonchev–Trinajstić information content (AvgIpc) is 3.17. The maximum Gasteiger partial charge on any atom is 0.191 e. The molecule has 1 atom stereocenters. The van der Waals surface area contributed by atoms with Crippen LogP contribution in [-0.4, -0.2) is 55.6 Å². The van der Waals surface area contributed by atoms with Crippen LogP contribution in [0, 0.1) is 0 Å². The van der Waals surface area contributed by atoms with Crippen LogP contribution in [0.4, 0.5) is 0 Å². The van der Waals surface area contributed by atoms with Crippen molar-refractivity contribution in [3.63, 3.8) is 0 Å². The van der Waals surface area contributed by atoms with Gasteiger partial charge >= 0.3 is 0 Å². The lowest BCUT2D eigenvalue weighted by atomic mass is 10.1. The second kappa shape index (κ2) is 8.38. The number of methoxy groups -OCH3 is 1. The number of benzene rings is 1. The van der Waals surface area contributed by atoms with Crippen molar-refractivity contribution in [2.24, 2.45) is 10.7 Å². The first kappa shape index (κ1) is 17.1. The Kier molecular flexibility index (Phi) is 5.96. The van der Waals surface area contributed by atoms with Gasteiger partial charge in [-0.3, -0.25) is 9.89 Å². The number of rotatable bonds is 5. The van der Waals surface area contributed by atoms with E-state index < -0.39 is 0 Å². The van der Waals surface area contributed by atoms with Crippen LogP contribution < -0.4 is 10.5 Å². The fourth-order valence-corrected chi connectivity index (χ4v) is 3.71. The van der Waals surface area contributed by atoms with Crippen molar-refractivity contribution in [1.82, 2.24) is 9.80 Å². The zero-order valence-corrected chi connectivity index (χ0v) is 14.8. The van der Waals surface area contributed by atoms with E-state index in [-0.39, 0.29) is 0 Å². The molecule has 0 aromatic heterocycles. The summed E-state index contributed by atoms with van der Waals surface area (Å²) in [6.45, 7) is 5.12. The summed E-state index contributed by atoms with van der Waals surface area (Å²) in [5, 5.41) is 0. The highest BCUT2D eigenvalue weighted by atomic mass is 16.5. The first-order valence-corrected chi connectivity index (χ1v) is 9.21. The Morgan fingerprint density at radius 3 is 2.29 bits per heavy atom. The van der Waals surface area contributed by atoms with E-state index in [1.165, 1.54) is 37.7 Å². The molecule has 0 bridgehead atoms. The Balaban J connectivity index is 1.71. The minimum atomic E-state index is 0.307. The van der Waals surface area contributed by atoms with Crippen molar-refractivity contribution in [1.29, 1.82) is 0 Å². The predicted molar refractivity (Wildman–Crippen MR) is 98.5 cm³/mol. The topological polar surface area (TPSA) is 54.1 Å². The summed E-state index contributed by atoms with van der Waals surface area (Å²) in [5.41, 5.74) is 7.56. The quantitative estimate of drug-likeness (QED) is 0.666. The summed E-state index contributed by atoms with van der Waals surface area (Å²) in [4.78, 5) is 9.53. The monoisotopic (exact) mass is 330 g/mol. The first-order valence-electron chi connectivity index (χ1n) is 9.21. The van der Waals surface area contributed by atoms with Crippen molar-refractivity contribution in [3.8, 4) is 5.75 Å². The third kappa shape index (κ3) is 4.20. The molecule has 2 aliphatic heterocycles. The van der Waals surface area contributed by atoms with E-state index >= 15 is 0 Å². The maximum atomic E-state index is 6.26. The third-order valence-electron chi connectivity index (χ3n) is 5.19. The van der Waals surface area contributed by atoms with E-state index in [2.05, 4.69) is 21.9 Å². The predicted octanol–water partition coefficient (Wildman–Crippen LogP) is 2.63. The van der Waals surface area contributed by atoms with E-state index in [0.29, 0.717) is 12.0 Å². The average molecular weight is 330 g/mol. The van der Waals surface area contributed by atoms with Gasteiger partial charge in [-0.25, -0.2) is 0 Å². The molecule has 1 aromatic rings. The van der Waals surface area contributed by atoms with E-state index in [4.69, 9.17) is 15.5 Å². The molecule has 0 amide bonds. The summed E-state index contributed by atoms with van der Waals surface area (Å²) < 4.78 is 5.28. The summed E-state index contributed by atoms with van der Waals surface area (Å²) in [6, 6.07) is 8.71. The molecule has 2 heterocycles. The van der Waals surface area contributed by atoms with Crippen LogP contribution in [0.2, 0.25) is 0 Å². The molecular formula is C19H30N4O. The lowest BCUT2D eigenvalue weighted by Gasteiger charge is -2.30. The van der Waals surface area contributed by atoms with Gasteiger partial charge in [-0.1, -0.05) is 12.1 Å². The smallest absolute Gasteiger partial charge is 0.191 e. The summed E-state index contributed by atoms with van der Waals surface area (Å²) in [7, 11) is 1.70. The molecule has 1 unspecified atom stereocenters. The highest BCUT2D eigenvalue weighted by molar-refractivity contribution is 5.78. The van der Waals surface area contributed by atoms with E-state index in [9.17, 15) is 0 Å². The van der Waals surface area contributed by atoms with Gasteiger partial charge in [0.2, 0.25) is 0 Å². The van der Waals surface area contributed by atoms with Crippen molar-refractivity contribution in [3.05, 3.63) is 29.8 Å². The molecule has 0 saturated carbocycles. The highest BCUT2D eigenvalue weighted by Gasteiger charge is 2.23. The maximum absolute atomic E-state index is 6.26. The number of likely N-dealkylation sites (tertiary alicyclic amines) is 2. The fourth-order valence-electron chi connectivity index (χ4n) is 3.71. The number of nitrogens with zero attached hydrogens (tertiary/aromatic N) is 3. The van der Waals surface area contributed by atoms with Crippen LogP contribution >= 0.6 is 0 Å². The zero-order valence-electron chi connectivity index (χ0n) is 14.8. The van der Waals surface area contributed by atoms with Crippen molar-refractivity contribution >= 4 is 5.96 Å². The molecular weight excluding hydrogens is 300 g/mol. The molecule has 1 aromatic carbocycles. The van der Waals surface area contributed by atoms with Gasteiger partial charge in [0.1, 0.15) is 5.75 Å². The number of guanidine groups is 1. The normalized spacial score (nSPS) is 21.0. The van der Waals surface area contributed by atoms with Gasteiger partial charge in [-0.05, 0) is 62.9 Å². The van der Waals surface area contributed by atoms with Gasteiger partial charge in [0.05, 0.1) is 19.7 Å². The lowest BCUT2D eigenvalue weighted by Crippen LogP contribution is -2.41. The number of piperidine rings is 1. The van der Waals surface area contributed by atoms with Gasteiger partial charge in [0, 0.05) is 13.1 Å². The molecule has 5 heteroatoms. The summed E-state index contributed by atoms with van der Waals surface area (Å²) >= 11 is 0. The second-order valence-corrected chi connectivity index (χ2v) is 6.78. The van der Waals surface area contributed by atoms with Crippen LogP contribution in [0.25, 0.3) is 0 Å². The summed E-state index contributed by atoms with van der Waals surface area (Å²) in [6.07, 6.45) is 6.32. The second-order valence-electron chi connectivity index (χ2n) is 6.78. The van der Waals surface area contributed by atoms with Gasteiger partial charge in [-0.15, -0.1) is 0 Å². The van der Waals surface area contributed by atoms with Gasteiger partial charge in [0.15, 0.2) is 5.96 Å². The zero-order chi connectivity index (χ0) is 16.8. The molecule has 5 nitrogen and oxygen atoms in total. The minimum absolute atomic E-state index is 0.307. The Bertz CT molecular complexity index is 531. The van der Waals surface area contributed by atoms with Crippen LogP contribution in [-0.2, 0) is 0 Å². The van der Waals surface area contributed by atoms with Gasteiger partial charge in [-0.2, -0.15) is 0 Å². The Labute approximate surface area is 145 Å². The number of hydrogen-bond donors (Lipinski definition) is 1. The van der Waals surface area contributed by atoms with Crippen molar-refractivity contribution in [2.45, 2.75) is 38.1 Å². The molecule has 132 valence electrons. The van der Waals surface area contributed by atoms with Crippen LogP contribution in [0.5, 0.6) is 5.75 Å². The molecule has 2 N–H and O–H groups in total. The standard InChI is InChI=1S/C19H30N4O/c1-24-17-9-7-16(8-10-17)18(22-11-5-6-12-22)15-21-19(20)23-13-3-2-4-14-23/h7-10,18H,2-6,11-15H2,1H3,(H2,20,21). The van der Waals surface area contributed by atoms with Gasteiger partial charge in [0.25, 0.3) is 0 Å². The molecule has 2 saturated heterocycles. The Hall–Kier alpha value is -1.75. The molecule has 0 aliphatic carbocycles. The Morgan fingerprint density at radius 1 is 1.04 bits per heavy atom. The highest BCUT2D eigenvalue weighted by Crippen LogP contribution is 2.27. The van der Waals surface area contributed by atoms with E-state index in [1.54, 1.807) is 7.11 Å². The molecule has 0 spiro atoms. The molecule has 2 fully saturated rings. The number of ether oxygens (including phenoxy) is 1. The van der Waals surface area contributed by atoms with Crippen LogP contribution in [0.3, 0.4) is 0 Å². The lowest BCUT2D eigenvalue weighted by molar-refractivity contribution is 0.250. The van der Waals surface area contributed by atoms with E-state index in [0.717, 1.165) is 38.5 Å². The number of aliphatic imine (C=N–C) groups is 1. The van der Waals surface area contributed by atoms with Gasteiger partial charge < -0.3 is 15.4 Å². The molecule has 0 radical (unpaired) electrons. The molecule has 3 rings (SSSR count). The van der Waals surface area contributed by atoms with Crippen LogP contribution in [0.15, 0.2) is 29.3 Å². The number of nitrogens with two attached hydrogens (primary N) is 1. The van der Waals surface area contributed by atoms with Crippen molar-refractivity contribution in [2.75, 3.05) is 39.8 Å². The third-order valence-corrected chi connectivity index (χ3v) is 5.19. The molecule has 2 aliphatic rings. The van der Waals surface area contributed by atoms with Crippen molar-refractivity contribution < 1.29 is 4.74 Å². The minimum Gasteiger partial charge on any atom is -0.497 e. The fraction of sp³-hybridized carbons (Fsp3) is 0.632. The first-order chi connectivity index (χ1) is 11.8. The van der Waals surface area contributed by atoms with Crippen LogP contribution in [0.1, 0.15) is 43.7 Å². The largest absolute Gasteiger partial charge is 0.497 e.